The van der Waals surface area contributed by atoms with Crippen LogP contribution in [0.2, 0.25) is 18.1 Å². The number of ether oxygens (including phenoxy) is 2. The van der Waals surface area contributed by atoms with Gasteiger partial charge in [0, 0.05) is 5.92 Å². The minimum Gasteiger partial charge on any atom is -0.404 e. The molecule has 5 heteroatoms. The van der Waals surface area contributed by atoms with E-state index >= 15 is 0 Å². The standard InChI is InChI=1S/C19H36O4Si/c1-10-24(11-2,12-3)23-18(15(7)20)17-14(6)16(13(4)5)21-19(8,9)22-17/h14,16-18H,4,10-12H2,1-3,5-9H3/t14-,16-,17+,18+/m0/s1. The lowest BCUT2D eigenvalue weighted by molar-refractivity contribution is -0.320. The Labute approximate surface area is 149 Å². The van der Waals surface area contributed by atoms with Crippen LogP contribution in [0.15, 0.2) is 12.2 Å². The first-order valence-corrected chi connectivity index (χ1v) is 11.7. The molecule has 0 aliphatic carbocycles. The van der Waals surface area contributed by atoms with Crippen molar-refractivity contribution >= 4 is 14.1 Å². The van der Waals surface area contributed by atoms with Gasteiger partial charge in [-0.1, -0.05) is 39.8 Å². The van der Waals surface area contributed by atoms with E-state index < -0.39 is 20.2 Å². The molecule has 0 N–H and O–H groups in total. The van der Waals surface area contributed by atoms with E-state index in [1.807, 2.05) is 20.8 Å². The first kappa shape index (κ1) is 21.5. The molecular formula is C19H36O4Si. The lowest BCUT2D eigenvalue weighted by Gasteiger charge is -2.48. The van der Waals surface area contributed by atoms with Crippen LogP contribution >= 0.6 is 0 Å². The molecule has 0 aromatic heterocycles. The average molecular weight is 357 g/mol. The molecule has 0 aromatic rings. The van der Waals surface area contributed by atoms with E-state index in [9.17, 15) is 4.79 Å². The van der Waals surface area contributed by atoms with Crippen molar-refractivity contribution in [3.05, 3.63) is 12.2 Å². The van der Waals surface area contributed by atoms with Crippen molar-refractivity contribution in [1.29, 1.82) is 0 Å². The van der Waals surface area contributed by atoms with Crippen LogP contribution in [0.3, 0.4) is 0 Å². The topological polar surface area (TPSA) is 44.8 Å². The molecule has 1 saturated heterocycles. The van der Waals surface area contributed by atoms with Gasteiger partial charge in [0.05, 0.1) is 12.2 Å². The van der Waals surface area contributed by atoms with E-state index in [0.717, 1.165) is 23.7 Å². The molecular weight excluding hydrogens is 320 g/mol. The number of hydrogen-bond donors (Lipinski definition) is 0. The third kappa shape index (κ3) is 4.78. The molecule has 0 saturated carbocycles. The highest BCUT2D eigenvalue weighted by molar-refractivity contribution is 6.73. The summed E-state index contributed by atoms with van der Waals surface area (Å²) in [6, 6.07) is 3.03. The van der Waals surface area contributed by atoms with Gasteiger partial charge in [0.25, 0.3) is 0 Å². The molecule has 24 heavy (non-hydrogen) atoms. The van der Waals surface area contributed by atoms with E-state index in [0.29, 0.717) is 0 Å². The predicted octanol–water partition coefficient (Wildman–Crippen LogP) is 4.70. The second-order valence-electron chi connectivity index (χ2n) is 7.62. The first-order valence-electron chi connectivity index (χ1n) is 9.21. The molecule has 0 amide bonds. The van der Waals surface area contributed by atoms with Gasteiger partial charge in [0.1, 0.15) is 6.10 Å². The van der Waals surface area contributed by atoms with E-state index in [4.69, 9.17) is 13.9 Å². The van der Waals surface area contributed by atoms with Gasteiger partial charge in [-0.25, -0.2) is 0 Å². The van der Waals surface area contributed by atoms with Crippen LogP contribution in [0.25, 0.3) is 0 Å². The fraction of sp³-hybridized carbons (Fsp3) is 0.842. The van der Waals surface area contributed by atoms with Gasteiger partial charge >= 0.3 is 0 Å². The number of rotatable bonds is 8. The Morgan fingerprint density at radius 1 is 1.17 bits per heavy atom. The van der Waals surface area contributed by atoms with Gasteiger partial charge in [-0.05, 0) is 45.8 Å². The van der Waals surface area contributed by atoms with E-state index in [1.54, 1.807) is 6.92 Å². The third-order valence-corrected chi connectivity index (χ3v) is 9.94. The van der Waals surface area contributed by atoms with Crippen LogP contribution in [0.4, 0.5) is 0 Å². The number of hydrogen-bond acceptors (Lipinski definition) is 4. The van der Waals surface area contributed by atoms with Gasteiger partial charge in [0.2, 0.25) is 0 Å². The second kappa shape index (κ2) is 8.26. The van der Waals surface area contributed by atoms with Crippen LogP contribution in [-0.4, -0.2) is 38.2 Å². The summed E-state index contributed by atoms with van der Waals surface area (Å²) < 4.78 is 18.8. The Bertz CT molecular complexity index is 448. The monoisotopic (exact) mass is 356 g/mol. The Balaban J connectivity index is 3.17. The summed E-state index contributed by atoms with van der Waals surface area (Å²) in [5.41, 5.74) is 0.955. The summed E-state index contributed by atoms with van der Waals surface area (Å²) in [6.07, 6.45) is -0.980. The van der Waals surface area contributed by atoms with Crippen molar-refractivity contribution in [3.8, 4) is 0 Å². The number of Topliss-reactive ketones (excluding diaryl/α,β-unsaturated/α-hetero) is 1. The van der Waals surface area contributed by atoms with E-state index in [2.05, 4.69) is 34.3 Å². The summed E-state index contributed by atoms with van der Waals surface area (Å²) in [5.74, 6) is -0.703. The minimum absolute atomic E-state index is 0.0155. The highest BCUT2D eigenvalue weighted by atomic mass is 28.4. The molecule has 140 valence electrons. The van der Waals surface area contributed by atoms with Crippen LogP contribution in [0.5, 0.6) is 0 Å². The molecule has 1 fully saturated rings. The molecule has 1 heterocycles. The molecule has 0 aromatic carbocycles. The van der Waals surface area contributed by atoms with Crippen molar-refractivity contribution in [2.45, 2.75) is 97.6 Å². The first-order chi connectivity index (χ1) is 11.0. The molecule has 1 aliphatic rings. The maximum Gasteiger partial charge on any atom is 0.193 e. The number of carbonyl (C=O) groups is 1. The SMILES string of the molecule is C=C(C)[C@@H]1OC(C)(C)O[C@@H]([C@H](O[Si](CC)(CC)CC)C(C)=O)[C@H]1C. The maximum atomic E-state index is 12.5. The van der Waals surface area contributed by atoms with Crippen LogP contribution in [0, 0.1) is 5.92 Å². The van der Waals surface area contributed by atoms with Crippen molar-refractivity contribution < 1.29 is 18.7 Å². The zero-order chi connectivity index (χ0) is 18.7. The average Bonchev–Trinajstić information content (AvgIpc) is 2.51. The molecule has 0 spiro atoms. The Kier molecular flexibility index (Phi) is 7.41. The molecule has 1 rings (SSSR count). The third-order valence-electron chi connectivity index (χ3n) is 5.32. The largest absolute Gasteiger partial charge is 0.404 e. The quantitative estimate of drug-likeness (QED) is 0.467. The van der Waals surface area contributed by atoms with E-state index in [-0.39, 0.29) is 23.9 Å². The molecule has 4 nitrogen and oxygen atoms in total. The Morgan fingerprint density at radius 2 is 1.67 bits per heavy atom. The van der Waals surface area contributed by atoms with Crippen LogP contribution in [0.1, 0.15) is 55.4 Å². The second-order valence-corrected chi connectivity index (χ2v) is 12.3. The van der Waals surface area contributed by atoms with Gasteiger partial charge in [0.15, 0.2) is 19.9 Å². The van der Waals surface area contributed by atoms with Gasteiger partial charge in [-0.15, -0.1) is 0 Å². The summed E-state index contributed by atoms with van der Waals surface area (Å²) >= 11 is 0. The van der Waals surface area contributed by atoms with Gasteiger partial charge < -0.3 is 13.9 Å². The fourth-order valence-electron chi connectivity index (χ4n) is 3.59. The van der Waals surface area contributed by atoms with Crippen molar-refractivity contribution in [3.63, 3.8) is 0 Å². The lowest BCUT2D eigenvalue weighted by Crippen LogP contribution is -2.58. The highest BCUT2D eigenvalue weighted by Gasteiger charge is 2.48. The fourth-order valence-corrected chi connectivity index (χ4v) is 6.42. The molecule has 1 aliphatic heterocycles. The summed E-state index contributed by atoms with van der Waals surface area (Å²) in [6.45, 7) is 20.0. The lowest BCUT2D eigenvalue weighted by atomic mass is 9.87. The molecule has 4 atom stereocenters. The number of ketones is 1. The summed E-state index contributed by atoms with van der Waals surface area (Å²) in [7, 11) is -1.92. The van der Waals surface area contributed by atoms with Crippen molar-refractivity contribution in [2.75, 3.05) is 0 Å². The number of carbonyl (C=O) groups excluding carboxylic acids is 1. The zero-order valence-corrected chi connectivity index (χ0v) is 17.8. The Hall–Kier alpha value is -0.493. The van der Waals surface area contributed by atoms with Crippen molar-refractivity contribution in [2.24, 2.45) is 5.92 Å². The Morgan fingerprint density at radius 3 is 2.04 bits per heavy atom. The van der Waals surface area contributed by atoms with Gasteiger partial charge in [-0.3, -0.25) is 4.79 Å². The maximum absolute atomic E-state index is 12.5. The van der Waals surface area contributed by atoms with Crippen molar-refractivity contribution in [1.82, 2.24) is 0 Å². The minimum atomic E-state index is -1.92. The van der Waals surface area contributed by atoms with Gasteiger partial charge in [-0.2, -0.15) is 0 Å². The highest BCUT2D eigenvalue weighted by Crippen LogP contribution is 2.37. The summed E-state index contributed by atoms with van der Waals surface area (Å²) in [4.78, 5) is 12.5. The zero-order valence-electron chi connectivity index (χ0n) is 16.8. The normalized spacial score (nSPS) is 28.4. The molecule has 0 bridgehead atoms. The molecule has 0 unspecified atom stereocenters. The van der Waals surface area contributed by atoms with Crippen LogP contribution in [-0.2, 0) is 18.7 Å². The predicted molar refractivity (Wildman–Crippen MR) is 101 cm³/mol. The summed E-state index contributed by atoms with van der Waals surface area (Å²) in [5, 5.41) is 0. The smallest absolute Gasteiger partial charge is 0.193 e. The van der Waals surface area contributed by atoms with Crippen LogP contribution < -0.4 is 0 Å². The molecule has 0 radical (unpaired) electrons. The van der Waals surface area contributed by atoms with E-state index in [1.165, 1.54) is 0 Å².